The second-order valence-corrected chi connectivity index (χ2v) is 5.69. The number of hydrogen-bond acceptors (Lipinski definition) is 4. The average Bonchev–Trinajstić information content (AvgIpc) is 2.55. The highest BCUT2D eigenvalue weighted by molar-refractivity contribution is 5.81. The largest absolute Gasteiger partial charge is 0.435 e. The molecule has 1 heterocycles. The third-order valence-electron chi connectivity index (χ3n) is 4.00. The first-order valence-corrected chi connectivity index (χ1v) is 7.59. The molecule has 5 nitrogen and oxygen atoms in total. The quantitative estimate of drug-likeness (QED) is 0.867. The molecule has 0 aliphatic carbocycles. The van der Waals surface area contributed by atoms with E-state index < -0.39 is 12.7 Å². The van der Waals surface area contributed by atoms with Gasteiger partial charge in [-0.25, -0.2) is 0 Å². The minimum Gasteiger partial charge on any atom is -0.435 e. The third-order valence-corrected chi connectivity index (χ3v) is 4.00. The van der Waals surface area contributed by atoms with E-state index >= 15 is 0 Å². The lowest BCUT2D eigenvalue weighted by atomic mass is 9.91. The number of likely N-dealkylation sites (N-methyl/N-ethyl adjacent to an activating group) is 1. The van der Waals surface area contributed by atoms with Crippen LogP contribution in [-0.2, 0) is 16.1 Å². The maximum Gasteiger partial charge on any atom is 0.387 e. The lowest BCUT2D eigenvalue weighted by Gasteiger charge is -2.29. The van der Waals surface area contributed by atoms with E-state index in [2.05, 4.69) is 4.74 Å². The maximum absolute atomic E-state index is 12.4. The van der Waals surface area contributed by atoms with Crippen molar-refractivity contribution in [3.63, 3.8) is 0 Å². The lowest BCUT2D eigenvalue weighted by molar-refractivity contribution is -0.133. The number of nitrogens with two attached hydrogens (primary N) is 1. The van der Waals surface area contributed by atoms with Gasteiger partial charge in [0.25, 0.3) is 0 Å². The van der Waals surface area contributed by atoms with E-state index in [1.165, 1.54) is 12.1 Å². The SMILES string of the molecule is CN(Cc1ccc(OC(F)F)cc1)C(=O)C(N)C1CCOCC1. The van der Waals surface area contributed by atoms with Gasteiger partial charge in [-0.2, -0.15) is 8.78 Å². The maximum atomic E-state index is 12.4. The second kappa shape index (κ2) is 8.21. The minimum absolute atomic E-state index is 0.0941. The van der Waals surface area contributed by atoms with Gasteiger partial charge in [-0.05, 0) is 36.5 Å². The molecule has 1 aromatic rings. The first-order valence-electron chi connectivity index (χ1n) is 7.59. The summed E-state index contributed by atoms with van der Waals surface area (Å²) in [6.45, 7) is -1.20. The van der Waals surface area contributed by atoms with Gasteiger partial charge in [-0.15, -0.1) is 0 Å². The highest BCUT2D eigenvalue weighted by Crippen LogP contribution is 2.20. The fourth-order valence-electron chi connectivity index (χ4n) is 2.66. The summed E-state index contributed by atoms with van der Waals surface area (Å²) in [5, 5.41) is 0. The molecule has 2 rings (SSSR count). The average molecular weight is 328 g/mol. The van der Waals surface area contributed by atoms with Crippen LogP contribution in [0.25, 0.3) is 0 Å². The Morgan fingerprint density at radius 1 is 1.35 bits per heavy atom. The van der Waals surface area contributed by atoms with E-state index in [0.717, 1.165) is 18.4 Å². The van der Waals surface area contributed by atoms with E-state index in [9.17, 15) is 13.6 Å². The number of carbonyl (C=O) groups is 1. The summed E-state index contributed by atoms with van der Waals surface area (Å²) < 4.78 is 33.8. The Balaban J connectivity index is 1.89. The van der Waals surface area contributed by atoms with Crippen molar-refractivity contribution < 1.29 is 23.0 Å². The van der Waals surface area contributed by atoms with E-state index in [0.29, 0.717) is 19.8 Å². The molecule has 0 spiro atoms. The van der Waals surface area contributed by atoms with Gasteiger partial charge in [0.2, 0.25) is 5.91 Å². The Morgan fingerprint density at radius 3 is 2.52 bits per heavy atom. The molecule has 1 amide bonds. The fraction of sp³-hybridized carbons (Fsp3) is 0.562. The van der Waals surface area contributed by atoms with Gasteiger partial charge >= 0.3 is 6.61 Å². The highest BCUT2D eigenvalue weighted by atomic mass is 19.3. The van der Waals surface area contributed by atoms with E-state index in [-0.39, 0.29) is 17.6 Å². The van der Waals surface area contributed by atoms with Crippen molar-refractivity contribution in [1.29, 1.82) is 0 Å². The molecular weight excluding hydrogens is 306 g/mol. The molecule has 7 heteroatoms. The number of halogens is 2. The monoisotopic (exact) mass is 328 g/mol. The zero-order valence-corrected chi connectivity index (χ0v) is 13.1. The molecule has 128 valence electrons. The predicted molar refractivity (Wildman–Crippen MR) is 81.1 cm³/mol. The molecule has 0 bridgehead atoms. The van der Waals surface area contributed by atoms with Gasteiger partial charge in [-0.3, -0.25) is 4.79 Å². The van der Waals surface area contributed by atoms with Crippen molar-refractivity contribution in [2.75, 3.05) is 20.3 Å². The Labute approximate surface area is 134 Å². The number of nitrogens with zero attached hydrogens (tertiary/aromatic N) is 1. The zero-order valence-electron chi connectivity index (χ0n) is 13.1. The first kappa shape index (κ1) is 17.6. The smallest absolute Gasteiger partial charge is 0.387 e. The predicted octanol–water partition coefficient (Wildman–Crippen LogP) is 2.00. The van der Waals surface area contributed by atoms with Crippen LogP contribution in [-0.4, -0.2) is 43.7 Å². The van der Waals surface area contributed by atoms with Crippen LogP contribution < -0.4 is 10.5 Å². The van der Waals surface area contributed by atoms with Crippen molar-refractivity contribution in [3.8, 4) is 5.75 Å². The minimum atomic E-state index is -2.84. The van der Waals surface area contributed by atoms with Crippen LogP contribution >= 0.6 is 0 Å². The topological polar surface area (TPSA) is 64.8 Å². The summed E-state index contributed by atoms with van der Waals surface area (Å²) in [5.74, 6) is 0.113. The third kappa shape index (κ3) is 5.14. The molecule has 1 saturated heterocycles. The van der Waals surface area contributed by atoms with Crippen molar-refractivity contribution in [2.24, 2.45) is 11.7 Å². The van der Waals surface area contributed by atoms with Gasteiger partial charge in [0.15, 0.2) is 0 Å². The van der Waals surface area contributed by atoms with Gasteiger partial charge in [0.1, 0.15) is 5.75 Å². The van der Waals surface area contributed by atoms with Crippen molar-refractivity contribution in [3.05, 3.63) is 29.8 Å². The van der Waals surface area contributed by atoms with Crippen molar-refractivity contribution in [1.82, 2.24) is 4.90 Å². The summed E-state index contributed by atoms with van der Waals surface area (Å²) in [6.07, 6.45) is 1.58. The van der Waals surface area contributed by atoms with Crippen LogP contribution in [0, 0.1) is 5.92 Å². The van der Waals surface area contributed by atoms with E-state index in [1.807, 2.05) is 0 Å². The van der Waals surface area contributed by atoms with Crippen molar-refractivity contribution >= 4 is 5.91 Å². The van der Waals surface area contributed by atoms with Gasteiger partial charge in [-0.1, -0.05) is 12.1 Å². The normalized spacial score (nSPS) is 17.1. The summed E-state index contributed by atoms with van der Waals surface area (Å²) in [5.41, 5.74) is 6.90. The standard InChI is InChI=1S/C16H22F2N2O3/c1-20(15(21)14(19)12-6-8-22-9-7-12)10-11-2-4-13(5-3-11)23-16(17)18/h2-5,12,14,16H,6-10,19H2,1H3. The van der Waals surface area contributed by atoms with Crippen molar-refractivity contribution in [2.45, 2.75) is 32.0 Å². The lowest BCUT2D eigenvalue weighted by Crippen LogP contribution is -2.47. The number of carbonyl (C=O) groups excluding carboxylic acids is 1. The number of benzene rings is 1. The number of alkyl halides is 2. The summed E-state index contributed by atoms with van der Waals surface area (Å²) in [6, 6.07) is 5.68. The number of ether oxygens (including phenoxy) is 2. The molecule has 1 atom stereocenters. The van der Waals surface area contributed by atoms with Crippen LogP contribution in [0.1, 0.15) is 18.4 Å². The van der Waals surface area contributed by atoms with Gasteiger partial charge < -0.3 is 20.1 Å². The Morgan fingerprint density at radius 2 is 1.96 bits per heavy atom. The molecule has 0 saturated carbocycles. The molecule has 1 aromatic carbocycles. The second-order valence-electron chi connectivity index (χ2n) is 5.69. The number of hydrogen-bond donors (Lipinski definition) is 1. The summed E-state index contributed by atoms with van der Waals surface area (Å²) >= 11 is 0. The Bertz CT molecular complexity index is 505. The first-order chi connectivity index (χ1) is 11.0. The van der Waals surface area contributed by atoms with Gasteiger partial charge in [0, 0.05) is 26.8 Å². The fourth-order valence-corrected chi connectivity index (χ4v) is 2.66. The van der Waals surface area contributed by atoms with E-state index in [1.54, 1.807) is 24.1 Å². The molecule has 1 aliphatic heterocycles. The van der Waals surface area contributed by atoms with Crippen LogP contribution in [0.2, 0.25) is 0 Å². The molecule has 1 aliphatic rings. The van der Waals surface area contributed by atoms with Crippen LogP contribution in [0.15, 0.2) is 24.3 Å². The molecular formula is C16H22F2N2O3. The molecule has 23 heavy (non-hydrogen) atoms. The molecule has 2 N–H and O–H groups in total. The van der Waals surface area contributed by atoms with Crippen LogP contribution in [0.5, 0.6) is 5.75 Å². The number of amides is 1. The summed E-state index contributed by atoms with van der Waals surface area (Å²) in [7, 11) is 1.69. The van der Waals surface area contributed by atoms with Crippen LogP contribution in [0.4, 0.5) is 8.78 Å². The molecule has 0 radical (unpaired) electrons. The summed E-state index contributed by atoms with van der Waals surface area (Å²) in [4.78, 5) is 14.0. The van der Waals surface area contributed by atoms with E-state index in [4.69, 9.17) is 10.5 Å². The Kier molecular flexibility index (Phi) is 6.29. The molecule has 1 unspecified atom stereocenters. The van der Waals surface area contributed by atoms with Crippen LogP contribution in [0.3, 0.4) is 0 Å². The molecule has 0 aromatic heterocycles. The number of rotatable bonds is 6. The zero-order chi connectivity index (χ0) is 16.8. The highest BCUT2D eigenvalue weighted by Gasteiger charge is 2.28. The molecule has 1 fully saturated rings. The van der Waals surface area contributed by atoms with Gasteiger partial charge in [0.05, 0.1) is 6.04 Å². The Hall–Kier alpha value is -1.73.